The zero-order chi connectivity index (χ0) is 22.8. The molecule has 1 aliphatic heterocycles. The summed E-state index contributed by atoms with van der Waals surface area (Å²) in [5.74, 6) is 0.528. The highest BCUT2D eigenvalue weighted by Crippen LogP contribution is 2.23. The van der Waals surface area contributed by atoms with Crippen LogP contribution in [0.25, 0.3) is 0 Å². The van der Waals surface area contributed by atoms with Gasteiger partial charge >= 0.3 is 0 Å². The quantitative estimate of drug-likeness (QED) is 0.549. The Morgan fingerprint density at radius 1 is 1.10 bits per heavy atom. The Balaban J connectivity index is 2.05. The Labute approximate surface area is 184 Å². The maximum atomic E-state index is 12.9. The van der Waals surface area contributed by atoms with Gasteiger partial charge in [0.2, 0.25) is 11.8 Å². The molecule has 0 spiro atoms. The molecule has 1 aromatic rings. The van der Waals surface area contributed by atoms with E-state index in [4.69, 9.17) is 9.47 Å². The normalized spacial score (nSPS) is 15.5. The summed E-state index contributed by atoms with van der Waals surface area (Å²) >= 11 is 0. The standard InChI is InChI=1S/C23H35N3O5/c1-16(2)15-20(27)26-12-9-17(10-13-26)21(23(29)24-11-14-30-3)25-22(28)18-5-7-19(31-4)8-6-18/h5-8,16-17,21H,9-15H2,1-4H3,(H,24,29)(H,25,28)/t21-/m0/s1. The molecule has 0 saturated carbocycles. The Morgan fingerprint density at radius 2 is 1.74 bits per heavy atom. The van der Waals surface area contributed by atoms with Crippen LogP contribution in [0.4, 0.5) is 0 Å². The molecule has 1 atom stereocenters. The third-order valence-electron chi connectivity index (χ3n) is 5.47. The van der Waals surface area contributed by atoms with E-state index in [1.165, 1.54) is 0 Å². The monoisotopic (exact) mass is 433 g/mol. The molecular formula is C23H35N3O5. The molecule has 2 N–H and O–H groups in total. The summed E-state index contributed by atoms with van der Waals surface area (Å²) in [6.07, 6.45) is 1.85. The molecule has 2 rings (SSSR count). The summed E-state index contributed by atoms with van der Waals surface area (Å²) in [6.45, 7) is 6.01. The van der Waals surface area contributed by atoms with Crippen LogP contribution in [0.5, 0.6) is 5.75 Å². The van der Waals surface area contributed by atoms with Crippen LogP contribution in [-0.4, -0.2) is 69.1 Å². The largest absolute Gasteiger partial charge is 0.497 e. The van der Waals surface area contributed by atoms with E-state index in [0.717, 1.165) is 0 Å². The summed E-state index contributed by atoms with van der Waals surface area (Å²) in [5, 5.41) is 5.74. The maximum absolute atomic E-state index is 12.9. The number of benzene rings is 1. The predicted molar refractivity (Wildman–Crippen MR) is 118 cm³/mol. The van der Waals surface area contributed by atoms with E-state index in [1.54, 1.807) is 38.5 Å². The molecule has 1 fully saturated rings. The van der Waals surface area contributed by atoms with Gasteiger partial charge in [-0.15, -0.1) is 0 Å². The molecule has 31 heavy (non-hydrogen) atoms. The Kier molecular flexibility index (Phi) is 9.78. The van der Waals surface area contributed by atoms with E-state index in [9.17, 15) is 14.4 Å². The number of rotatable bonds is 10. The van der Waals surface area contributed by atoms with Gasteiger partial charge < -0.3 is 25.0 Å². The van der Waals surface area contributed by atoms with Crippen LogP contribution >= 0.6 is 0 Å². The first-order chi connectivity index (χ1) is 14.8. The van der Waals surface area contributed by atoms with Crippen molar-refractivity contribution < 1.29 is 23.9 Å². The predicted octanol–water partition coefficient (Wildman–Crippen LogP) is 1.84. The molecule has 0 radical (unpaired) electrons. The molecule has 0 aromatic heterocycles. The summed E-state index contributed by atoms with van der Waals surface area (Å²) in [7, 11) is 3.13. The lowest BCUT2D eigenvalue weighted by Crippen LogP contribution is -2.54. The number of piperidine rings is 1. The molecule has 0 bridgehead atoms. The molecule has 1 saturated heterocycles. The molecule has 8 nitrogen and oxygen atoms in total. The second-order valence-electron chi connectivity index (χ2n) is 8.28. The lowest BCUT2D eigenvalue weighted by molar-refractivity contribution is -0.133. The SMILES string of the molecule is COCCNC(=O)[C@@H](NC(=O)c1ccc(OC)cc1)C1CCN(C(=O)CC(C)C)CC1. The maximum Gasteiger partial charge on any atom is 0.251 e. The van der Waals surface area contributed by atoms with E-state index in [0.29, 0.717) is 62.7 Å². The van der Waals surface area contributed by atoms with Gasteiger partial charge in [0.15, 0.2) is 0 Å². The smallest absolute Gasteiger partial charge is 0.251 e. The van der Waals surface area contributed by atoms with Gasteiger partial charge in [0.05, 0.1) is 13.7 Å². The van der Waals surface area contributed by atoms with Gasteiger partial charge in [0.1, 0.15) is 11.8 Å². The van der Waals surface area contributed by atoms with Crippen LogP contribution in [0.2, 0.25) is 0 Å². The summed E-state index contributed by atoms with van der Waals surface area (Å²) in [5.41, 5.74) is 0.458. The van der Waals surface area contributed by atoms with Crippen LogP contribution in [0.1, 0.15) is 43.5 Å². The highest BCUT2D eigenvalue weighted by atomic mass is 16.5. The van der Waals surface area contributed by atoms with Crippen molar-refractivity contribution in [1.29, 1.82) is 0 Å². The fourth-order valence-electron chi connectivity index (χ4n) is 3.71. The Bertz CT molecular complexity index is 727. The number of carbonyl (C=O) groups is 3. The lowest BCUT2D eigenvalue weighted by atomic mass is 9.88. The summed E-state index contributed by atoms with van der Waals surface area (Å²) in [4.78, 5) is 39.9. The average molecular weight is 434 g/mol. The summed E-state index contributed by atoms with van der Waals surface area (Å²) in [6, 6.07) is 6.08. The third-order valence-corrected chi connectivity index (χ3v) is 5.47. The first kappa shape index (κ1) is 24.7. The topological polar surface area (TPSA) is 97.0 Å². The van der Waals surface area contributed by atoms with Crippen molar-refractivity contribution in [3.8, 4) is 5.75 Å². The van der Waals surface area contributed by atoms with Crippen molar-refractivity contribution in [1.82, 2.24) is 15.5 Å². The number of ether oxygens (including phenoxy) is 2. The van der Waals surface area contributed by atoms with Crippen LogP contribution in [-0.2, 0) is 14.3 Å². The third kappa shape index (κ3) is 7.54. The molecule has 1 aromatic carbocycles. The van der Waals surface area contributed by atoms with E-state index < -0.39 is 6.04 Å². The molecule has 0 aliphatic carbocycles. The van der Waals surface area contributed by atoms with Gasteiger partial charge in [0, 0.05) is 38.7 Å². The molecular weight excluding hydrogens is 398 g/mol. The van der Waals surface area contributed by atoms with Gasteiger partial charge in [-0.05, 0) is 48.9 Å². The van der Waals surface area contributed by atoms with Gasteiger partial charge in [-0.3, -0.25) is 14.4 Å². The number of hydrogen-bond donors (Lipinski definition) is 2. The Morgan fingerprint density at radius 3 is 2.29 bits per heavy atom. The van der Waals surface area contributed by atoms with Crippen LogP contribution in [0, 0.1) is 11.8 Å². The van der Waals surface area contributed by atoms with Crippen molar-refractivity contribution in [3.63, 3.8) is 0 Å². The summed E-state index contributed by atoms with van der Waals surface area (Å²) < 4.78 is 10.1. The van der Waals surface area contributed by atoms with E-state index >= 15 is 0 Å². The number of methoxy groups -OCH3 is 2. The van der Waals surface area contributed by atoms with Gasteiger partial charge in [-0.1, -0.05) is 13.8 Å². The number of nitrogens with zero attached hydrogens (tertiary/aromatic N) is 1. The van der Waals surface area contributed by atoms with Crippen LogP contribution in [0.3, 0.4) is 0 Å². The van der Waals surface area contributed by atoms with Crippen molar-refractivity contribution in [2.24, 2.45) is 11.8 Å². The zero-order valence-electron chi connectivity index (χ0n) is 19.0. The minimum absolute atomic E-state index is 0.0483. The van der Waals surface area contributed by atoms with Gasteiger partial charge in [-0.25, -0.2) is 0 Å². The Hall–Kier alpha value is -2.61. The number of carbonyl (C=O) groups excluding carboxylic acids is 3. The van der Waals surface area contributed by atoms with Gasteiger partial charge in [0.25, 0.3) is 5.91 Å². The molecule has 0 unspecified atom stereocenters. The lowest BCUT2D eigenvalue weighted by Gasteiger charge is -2.36. The van der Waals surface area contributed by atoms with Crippen molar-refractivity contribution in [2.45, 2.75) is 39.2 Å². The second kappa shape index (κ2) is 12.3. The highest BCUT2D eigenvalue weighted by Gasteiger charge is 2.34. The first-order valence-electron chi connectivity index (χ1n) is 10.8. The van der Waals surface area contributed by atoms with Crippen LogP contribution in [0.15, 0.2) is 24.3 Å². The number of hydrogen-bond acceptors (Lipinski definition) is 5. The van der Waals surface area contributed by atoms with E-state index in [-0.39, 0.29) is 23.6 Å². The van der Waals surface area contributed by atoms with E-state index in [2.05, 4.69) is 10.6 Å². The van der Waals surface area contributed by atoms with Crippen molar-refractivity contribution >= 4 is 17.7 Å². The number of amides is 3. The zero-order valence-corrected chi connectivity index (χ0v) is 19.0. The number of likely N-dealkylation sites (tertiary alicyclic amines) is 1. The van der Waals surface area contributed by atoms with Gasteiger partial charge in [-0.2, -0.15) is 0 Å². The minimum Gasteiger partial charge on any atom is -0.497 e. The van der Waals surface area contributed by atoms with E-state index in [1.807, 2.05) is 18.7 Å². The molecule has 3 amide bonds. The first-order valence-corrected chi connectivity index (χ1v) is 10.8. The molecule has 1 aliphatic rings. The highest BCUT2D eigenvalue weighted by molar-refractivity contribution is 5.97. The van der Waals surface area contributed by atoms with Crippen molar-refractivity contribution in [3.05, 3.63) is 29.8 Å². The van der Waals surface area contributed by atoms with Crippen molar-refractivity contribution in [2.75, 3.05) is 40.5 Å². The fourth-order valence-corrected chi connectivity index (χ4v) is 3.71. The second-order valence-corrected chi connectivity index (χ2v) is 8.28. The van der Waals surface area contributed by atoms with Crippen LogP contribution < -0.4 is 15.4 Å². The molecule has 172 valence electrons. The average Bonchev–Trinajstić information content (AvgIpc) is 2.77. The number of nitrogens with one attached hydrogen (secondary N) is 2. The minimum atomic E-state index is -0.672. The molecule has 1 heterocycles. The molecule has 8 heteroatoms. The fraction of sp³-hybridized carbons (Fsp3) is 0.609.